The molecule has 0 spiro atoms. The monoisotopic (exact) mass is 375 g/mol. The second-order valence-corrected chi connectivity index (χ2v) is 5.86. The van der Waals surface area contributed by atoms with Crippen LogP contribution in [0, 0.1) is 11.6 Å². The summed E-state index contributed by atoms with van der Waals surface area (Å²) in [4.78, 5) is 0. The van der Waals surface area contributed by atoms with Gasteiger partial charge in [0.2, 0.25) is 0 Å². The van der Waals surface area contributed by atoms with Gasteiger partial charge in [-0.3, -0.25) is 0 Å². The number of benzene rings is 2. The smallest absolute Gasteiger partial charge is 0.137 e. The molecule has 3 N–H and O–H groups in total. The van der Waals surface area contributed by atoms with E-state index in [1.165, 1.54) is 36.4 Å². The molecule has 0 aliphatic carbocycles. The lowest BCUT2D eigenvalue weighted by atomic mass is 9.89. The van der Waals surface area contributed by atoms with Gasteiger partial charge in [-0.05, 0) is 45.8 Å². The van der Waals surface area contributed by atoms with Crippen molar-refractivity contribution >= 4 is 27.5 Å². The molecule has 0 saturated carbocycles. The molecule has 0 saturated heterocycles. The van der Waals surface area contributed by atoms with Gasteiger partial charge in [-0.1, -0.05) is 23.7 Å². The number of rotatable bonds is 4. The molecule has 21 heavy (non-hydrogen) atoms. The van der Waals surface area contributed by atoms with Gasteiger partial charge >= 0.3 is 0 Å². The van der Waals surface area contributed by atoms with Crippen LogP contribution in [0.3, 0.4) is 0 Å². The second-order valence-electron chi connectivity index (χ2n) is 4.60. The van der Waals surface area contributed by atoms with Gasteiger partial charge in [0.25, 0.3) is 0 Å². The highest BCUT2D eigenvalue weighted by molar-refractivity contribution is 9.10. The van der Waals surface area contributed by atoms with Crippen molar-refractivity contribution in [3.05, 3.63) is 68.7 Å². The Kier molecular flexibility index (Phi) is 5.32. The van der Waals surface area contributed by atoms with Crippen LogP contribution in [0.25, 0.3) is 0 Å². The Balaban J connectivity index is 2.43. The number of hydrogen-bond donors (Lipinski definition) is 2. The molecular weight excluding hydrogens is 364 g/mol. The third-order valence-electron chi connectivity index (χ3n) is 3.29. The van der Waals surface area contributed by atoms with Crippen molar-refractivity contribution in [2.24, 2.45) is 5.73 Å². The summed E-state index contributed by atoms with van der Waals surface area (Å²) in [5, 5.41) is 10.6. The van der Waals surface area contributed by atoms with Crippen LogP contribution in [0.15, 0.2) is 40.9 Å². The number of hydrogen-bond acceptors (Lipinski definition) is 2. The summed E-state index contributed by atoms with van der Waals surface area (Å²) in [6.45, 7) is -0.00316. The molecule has 2 aromatic rings. The van der Waals surface area contributed by atoms with Crippen molar-refractivity contribution in [3.63, 3.8) is 0 Å². The van der Waals surface area contributed by atoms with Crippen molar-refractivity contribution in [1.29, 1.82) is 0 Å². The van der Waals surface area contributed by atoms with Crippen LogP contribution in [0.1, 0.15) is 23.1 Å². The normalized spacial score (nSPS) is 14.0. The van der Waals surface area contributed by atoms with Gasteiger partial charge in [0.05, 0.1) is 10.6 Å². The minimum absolute atomic E-state index is 0.00316. The summed E-state index contributed by atoms with van der Waals surface area (Å²) in [5.41, 5.74) is 6.27. The van der Waals surface area contributed by atoms with E-state index < -0.39 is 23.7 Å². The zero-order chi connectivity index (χ0) is 15.6. The maximum Gasteiger partial charge on any atom is 0.137 e. The molecule has 6 heteroatoms. The fraction of sp³-hybridized carbons (Fsp3) is 0.200. The van der Waals surface area contributed by atoms with Crippen LogP contribution in [0.5, 0.6) is 0 Å². The third kappa shape index (κ3) is 3.43. The van der Waals surface area contributed by atoms with Crippen LogP contribution in [-0.2, 0) is 0 Å². The van der Waals surface area contributed by atoms with E-state index in [4.69, 9.17) is 17.3 Å². The minimum atomic E-state index is -1.10. The van der Waals surface area contributed by atoms with Crippen LogP contribution in [0.4, 0.5) is 8.78 Å². The molecular formula is C15H13BrClF2NO. The van der Waals surface area contributed by atoms with Crippen LogP contribution < -0.4 is 5.73 Å². The average molecular weight is 377 g/mol. The first kappa shape index (κ1) is 16.4. The summed E-state index contributed by atoms with van der Waals surface area (Å²) in [6.07, 6.45) is -1.10. The quantitative estimate of drug-likeness (QED) is 0.842. The van der Waals surface area contributed by atoms with E-state index in [0.29, 0.717) is 5.56 Å². The molecule has 0 radical (unpaired) electrons. The summed E-state index contributed by atoms with van der Waals surface area (Å²) < 4.78 is 27.5. The molecule has 2 unspecified atom stereocenters. The zero-order valence-corrected chi connectivity index (χ0v) is 13.2. The molecule has 2 nitrogen and oxygen atoms in total. The first-order chi connectivity index (χ1) is 9.95. The molecule has 0 aliphatic heterocycles. The maximum absolute atomic E-state index is 14.0. The third-order valence-corrected chi connectivity index (χ3v) is 4.23. The van der Waals surface area contributed by atoms with Crippen molar-refractivity contribution < 1.29 is 13.9 Å². The number of aliphatic hydroxyl groups is 1. The molecule has 2 atom stereocenters. The Morgan fingerprint density at radius 3 is 2.48 bits per heavy atom. The van der Waals surface area contributed by atoms with Crippen molar-refractivity contribution in [2.75, 3.05) is 6.54 Å². The van der Waals surface area contributed by atoms with Gasteiger partial charge in [0.15, 0.2) is 0 Å². The fourth-order valence-electron chi connectivity index (χ4n) is 2.20. The van der Waals surface area contributed by atoms with E-state index in [0.717, 1.165) is 0 Å². The highest BCUT2D eigenvalue weighted by Gasteiger charge is 2.26. The predicted octanol–water partition coefficient (Wildman–Crippen LogP) is 4.16. The standard InChI is InChI=1S/C15H13BrClF2NO/c16-10-6-8(4-5-12(10)18)15(21)9(7-20)14-11(17)2-1-3-13(14)19/h1-6,9,15,21H,7,20H2. The molecule has 0 aliphatic rings. The van der Waals surface area contributed by atoms with Gasteiger partial charge < -0.3 is 10.8 Å². The maximum atomic E-state index is 14.0. The molecule has 0 bridgehead atoms. The van der Waals surface area contributed by atoms with E-state index in [9.17, 15) is 13.9 Å². The molecule has 0 aromatic heterocycles. The SMILES string of the molecule is NCC(c1c(F)cccc1Cl)C(O)c1ccc(F)c(Br)c1. The number of halogens is 4. The predicted molar refractivity (Wildman–Crippen MR) is 82.3 cm³/mol. The van der Waals surface area contributed by atoms with E-state index in [2.05, 4.69) is 15.9 Å². The summed E-state index contributed by atoms with van der Waals surface area (Å²) >= 11 is 9.07. The van der Waals surface area contributed by atoms with Crippen molar-refractivity contribution in [1.82, 2.24) is 0 Å². The molecule has 2 aromatic carbocycles. The van der Waals surface area contributed by atoms with Crippen LogP contribution >= 0.6 is 27.5 Å². The Morgan fingerprint density at radius 1 is 1.19 bits per heavy atom. The lowest BCUT2D eigenvalue weighted by Crippen LogP contribution is -2.21. The lowest BCUT2D eigenvalue weighted by Gasteiger charge is -2.24. The van der Waals surface area contributed by atoms with Gasteiger partial charge in [-0.2, -0.15) is 0 Å². The Labute approximate surface area is 134 Å². The van der Waals surface area contributed by atoms with Crippen LogP contribution in [-0.4, -0.2) is 11.7 Å². The van der Waals surface area contributed by atoms with Gasteiger partial charge in [0.1, 0.15) is 11.6 Å². The summed E-state index contributed by atoms with van der Waals surface area (Å²) in [7, 11) is 0. The first-order valence-electron chi connectivity index (χ1n) is 6.22. The average Bonchev–Trinajstić information content (AvgIpc) is 2.45. The Morgan fingerprint density at radius 2 is 1.90 bits per heavy atom. The Bertz CT molecular complexity index is 633. The molecule has 2 rings (SSSR count). The van der Waals surface area contributed by atoms with Crippen LogP contribution in [0.2, 0.25) is 5.02 Å². The van der Waals surface area contributed by atoms with E-state index in [1.807, 2.05) is 0 Å². The van der Waals surface area contributed by atoms with Crippen molar-refractivity contribution in [3.8, 4) is 0 Å². The van der Waals surface area contributed by atoms with E-state index in [-0.39, 0.29) is 21.6 Å². The van der Waals surface area contributed by atoms with E-state index >= 15 is 0 Å². The molecule has 0 fully saturated rings. The van der Waals surface area contributed by atoms with Gasteiger partial charge in [0, 0.05) is 23.0 Å². The number of nitrogens with two attached hydrogens (primary N) is 1. The fourth-order valence-corrected chi connectivity index (χ4v) is 2.90. The summed E-state index contributed by atoms with van der Waals surface area (Å²) in [5.74, 6) is -1.70. The molecule has 0 heterocycles. The highest BCUT2D eigenvalue weighted by atomic mass is 79.9. The Hall–Kier alpha value is -1.01. The van der Waals surface area contributed by atoms with E-state index in [1.54, 1.807) is 0 Å². The molecule has 0 amide bonds. The second kappa shape index (κ2) is 6.83. The largest absolute Gasteiger partial charge is 0.388 e. The first-order valence-corrected chi connectivity index (χ1v) is 7.39. The van der Waals surface area contributed by atoms with Gasteiger partial charge in [-0.15, -0.1) is 0 Å². The van der Waals surface area contributed by atoms with Crippen molar-refractivity contribution in [2.45, 2.75) is 12.0 Å². The van der Waals surface area contributed by atoms with Gasteiger partial charge in [-0.25, -0.2) is 8.78 Å². The topological polar surface area (TPSA) is 46.2 Å². The number of aliphatic hydroxyl groups excluding tert-OH is 1. The highest BCUT2D eigenvalue weighted by Crippen LogP contribution is 2.36. The zero-order valence-electron chi connectivity index (χ0n) is 10.9. The summed E-state index contributed by atoms with van der Waals surface area (Å²) in [6, 6.07) is 8.38. The molecule has 112 valence electrons. The minimum Gasteiger partial charge on any atom is -0.388 e. The lowest BCUT2D eigenvalue weighted by molar-refractivity contribution is 0.145.